The molecule has 0 aliphatic heterocycles. The largest absolute Gasteiger partial charge is 0.465 e. The minimum Gasteiger partial charge on any atom is -0.465 e. The van der Waals surface area contributed by atoms with E-state index in [0.717, 1.165) is 6.54 Å². The van der Waals surface area contributed by atoms with Gasteiger partial charge in [-0.2, -0.15) is 0 Å². The zero-order valence-electron chi connectivity index (χ0n) is 12.0. The first-order valence-electron chi connectivity index (χ1n) is 6.09. The first kappa shape index (κ1) is 16.7. The molecule has 0 saturated carbocycles. The second-order valence-electron chi connectivity index (χ2n) is 5.24. The smallest absolute Gasteiger partial charge is 0.325 e. The molecule has 0 saturated heterocycles. The number of ether oxygens (including phenoxy) is 1. The molecule has 0 unspecified atom stereocenters. The van der Waals surface area contributed by atoms with E-state index in [9.17, 15) is 9.59 Å². The number of amides is 2. The van der Waals surface area contributed by atoms with Crippen molar-refractivity contribution in [3.05, 3.63) is 0 Å². The fourth-order valence-electron chi connectivity index (χ4n) is 1.66. The van der Waals surface area contributed by atoms with E-state index in [0.29, 0.717) is 13.2 Å². The van der Waals surface area contributed by atoms with Gasteiger partial charge in [-0.05, 0) is 26.4 Å². The van der Waals surface area contributed by atoms with Crippen LogP contribution in [0.15, 0.2) is 0 Å². The number of hydrogen-bond acceptors (Lipinski definition) is 4. The van der Waals surface area contributed by atoms with Crippen molar-refractivity contribution in [1.82, 2.24) is 15.5 Å². The van der Waals surface area contributed by atoms with Gasteiger partial charge in [-0.25, -0.2) is 4.79 Å². The van der Waals surface area contributed by atoms with Crippen LogP contribution in [0.1, 0.15) is 20.8 Å². The van der Waals surface area contributed by atoms with Crippen molar-refractivity contribution in [2.75, 3.05) is 40.3 Å². The quantitative estimate of drug-likeness (QED) is 0.651. The maximum atomic E-state index is 11.4. The van der Waals surface area contributed by atoms with Crippen LogP contribution in [0.25, 0.3) is 0 Å². The number of rotatable bonds is 7. The zero-order chi connectivity index (χ0) is 14.2. The van der Waals surface area contributed by atoms with Crippen molar-refractivity contribution < 1.29 is 14.3 Å². The van der Waals surface area contributed by atoms with Crippen LogP contribution in [-0.4, -0.2) is 57.2 Å². The van der Waals surface area contributed by atoms with E-state index in [1.165, 1.54) is 0 Å². The first-order valence-corrected chi connectivity index (χ1v) is 6.09. The number of carbonyl (C=O) groups excluding carboxylic acids is 2. The molecule has 0 spiro atoms. The van der Waals surface area contributed by atoms with Crippen molar-refractivity contribution >= 4 is 12.0 Å². The number of hydrogen-bond donors (Lipinski definition) is 2. The van der Waals surface area contributed by atoms with E-state index in [-0.39, 0.29) is 18.0 Å². The van der Waals surface area contributed by atoms with E-state index in [2.05, 4.69) is 29.4 Å². The molecule has 0 fully saturated rings. The van der Waals surface area contributed by atoms with E-state index < -0.39 is 5.97 Å². The van der Waals surface area contributed by atoms with Gasteiger partial charge in [0.1, 0.15) is 6.54 Å². The summed E-state index contributed by atoms with van der Waals surface area (Å²) in [5.41, 5.74) is -0.0230. The van der Waals surface area contributed by atoms with E-state index >= 15 is 0 Å². The van der Waals surface area contributed by atoms with Crippen LogP contribution < -0.4 is 10.6 Å². The lowest BCUT2D eigenvalue weighted by Crippen LogP contribution is -2.45. The third kappa shape index (κ3) is 8.81. The highest BCUT2D eigenvalue weighted by atomic mass is 16.5. The minimum atomic E-state index is -0.430. The lowest BCUT2D eigenvalue weighted by Gasteiger charge is -2.28. The minimum absolute atomic E-state index is 0.0230. The van der Waals surface area contributed by atoms with Crippen molar-refractivity contribution in [2.24, 2.45) is 5.41 Å². The average molecular weight is 259 g/mol. The van der Waals surface area contributed by atoms with Gasteiger partial charge >= 0.3 is 12.0 Å². The summed E-state index contributed by atoms with van der Waals surface area (Å²) >= 11 is 0. The highest BCUT2D eigenvalue weighted by Gasteiger charge is 2.19. The predicted octanol–water partition coefficient (Wildman–Crippen LogP) is 0.437. The van der Waals surface area contributed by atoms with Crippen LogP contribution in [0.4, 0.5) is 4.79 Å². The summed E-state index contributed by atoms with van der Waals surface area (Å²) in [5, 5.41) is 5.20. The summed E-state index contributed by atoms with van der Waals surface area (Å²) in [7, 11) is 3.98. The number of nitrogens with one attached hydrogen (secondary N) is 2. The highest BCUT2D eigenvalue weighted by Crippen LogP contribution is 2.13. The molecule has 18 heavy (non-hydrogen) atoms. The molecule has 0 aromatic carbocycles. The van der Waals surface area contributed by atoms with Crippen molar-refractivity contribution in [2.45, 2.75) is 20.8 Å². The van der Waals surface area contributed by atoms with Crippen molar-refractivity contribution in [1.29, 1.82) is 0 Å². The summed E-state index contributed by atoms with van der Waals surface area (Å²) in [4.78, 5) is 24.5. The van der Waals surface area contributed by atoms with E-state index in [4.69, 9.17) is 4.74 Å². The molecule has 6 heteroatoms. The SMILES string of the molecule is CCOC(=O)CNC(=O)NCC(C)(C)CN(C)C. The Labute approximate surface area is 109 Å². The van der Waals surface area contributed by atoms with Gasteiger partial charge in [-0.15, -0.1) is 0 Å². The molecule has 0 radical (unpaired) electrons. The van der Waals surface area contributed by atoms with Crippen LogP contribution >= 0.6 is 0 Å². The molecule has 0 heterocycles. The molecule has 0 aliphatic carbocycles. The molecular weight excluding hydrogens is 234 g/mol. The Kier molecular flexibility index (Phi) is 7.35. The van der Waals surface area contributed by atoms with Crippen LogP contribution in [0.3, 0.4) is 0 Å². The van der Waals surface area contributed by atoms with E-state index in [1.54, 1.807) is 6.92 Å². The number of urea groups is 1. The molecule has 0 atom stereocenters. The van der Waals surface area contributed by atoms with Gasteiger partial charge < -0.3 is 20.3 Å². The molecule has 106 valence electrons. The van der Waals surface area contributed by atoms with Gasteiger partial charge in [-0.1, -0.05) is 13.8 Å². The predicted molar refractivity (Wildman–Crippen MR) is 70.4 cm³/mol. The summed E-state index contributed by atoms with van der Waals surface area (Å²) in [6.07, 6.45) is 0. The Hall–Kier alpha value is -1.30. The summed E-state index contributed by atoms with van der Waals surface area (Å²) in [6.45, 7) is 7.48. The normalized spacial score (nSPS) is 11.2. The third-order valence-electron chi connectivity index (χ3n) is 2.17. The topological polar surface area (TPSA) is 70.7 Å². The van der Waals surface area contributed by atoms with Crippen molar-refractivity contribution in [3.63, 3.8) is 0 Å². The molecule has 6 nitrogen and oxygen atoms in total. The van der Waals surface area contributed by atoms with Gasteiger partial charge in [0.15, 0.2) is 0 Å². The molecule has 2 amide bonds. The molecule has 0 aromatic rings. The molecule has 0 aromatic heterocycles. The number of nitrogens with zero attached hydrogens (tertiary/aromatic N) is 1. The third-order valence-corrected chi connectivity index (χ3v) is 2.17. The Bertz CT molecular complexity index is 278. The van der Waals surface area contributed by atoms with E-state index in [1.807, 2.05) is 14.1 Å². The number of esters is 1. The second-order valence-corrected chi connectivity index (χ2v) is 5.24. The van der Waals surface area contributed by atoms with Crippen LogP contribution in [0, 0.1) is 5.41 Å². The summed E-state index contributed by atoms with van der Waals surface area (Å²) < 4.78 is 4.70. The monoisotopic (exact) mass is 259 g/mol. The van der Waals surface area contributed by atoms with Crippen molar-refractivity contribution in [3.8, 4) is 0 Å². The van der Waals surface area contributed by atoms with Gasteiger partial charge in [-0.3, -0.25) is 4.79 Å². The maximum absolute atomic E-state index is 11.4. The fraction of sp³-hybridized carbons (Fsp3) is 0.833. The fourth-order valence-corrected chi connectivity index (χ4v) is 1.66. The Morgan fingerprint density at radius 3 is 2.33 bits per heavy atom. The van der Waals surface area contributed by atoms with Crippen LogP contribution in [0.5, 0.6) is 0 Å². The summed E-state index contributed by atoms with van der Waals surface area (Å²) in [6, 6.07) is -0.352. The lowest BCUT2D eigenvalue weighted by atomic mass is 9.93. The Morgan fingerprint density at radius 1 is 1.22 bits per heavy atom. The Balaban J connectivity index is 3.86. The average Bonchev–Trinajstić information content (AvgIpc) is 2.22. The highest BCUT2D eigenvalue weighted by molar-refractivity contribution is 5.80. The molecule has 0 rings (SSSR count). The standard InChI is InChI=1S/C12H25N3O3/c1-6-18-10(16)7-13-11(17)14-8-12(2,3)9-15(4)5/h6-9H2,1-5H3,(H2,13,14,17). The van der Waals surface area contributed by atoms with Crippen LogP contribution in [0.2, 0.25) is 0 Å². The molecule has 0 aliphatic rings. The molecular formula is C12H25N3O3. The Morgan fingerprint density at radius 2 is 1.83 bits per heavy atom. The van der Waals surface area contributed by atoms with Gasteiger partial charge in [0, 0.05) is 13.1 Å². The van der Waals surface area contributed by atoms with Gasteiger partial charge in [0.25, 0.3) is 0 Å². The number of carbonyl (C=O) groups is 2. The van der Waals surface area contributed by atoms with Gasteiger partial charge in [0.2, 0.25) is 0 Å². The second kappa shape index (κ2) is 7.92. The lowest BCUT2D eigenvalue weighted by molar-refractivity contribution is -0.141. The first-order chi connectivity index (χ1) is 8.26. The van der Waals surface area contributed by atoms with Crippen LogP contribution in [-0.2, 0) is 9.53 Å². The maximum Gasteiger partial charge on any atom is 0.325 e. The molecule has 0 bridgehead atoms. The van der Waals surface area contributed by atoms with Gasteiger partial charge in [0.05, 0.1) is 6.61 Å². The summed E-state index contributed by atoms with van der Waals surface area (Å²) in [5.74, 6) is -0.430. The zero-order valence-corrected chi connectivity index (χ0v) is 12.0. The molecule has 2 N–H and O–H groups in total.